The molecule has 1 amide bonds. The molecule has 2 rings (SSSR count). The summed E-state index contributed by atoms with van der Waals surface area (Å²) < 4.78 is 37.4. The molecule has 0 atom stereocenters. The van der Waals surface area contributed by atoms with Crippen molar-refractivity contribution in [1.29, 1.82) is 0 Å². The molecule has 1 N–H and O–H groups in total. The van der Waals surface area contributed by atoms with Gasteiger partial charge in [0.05, 0.1) is 6.07 Å². The molecule has 132 valence electrons. The van der Waals surface area contributed by atoms with Crippen molar-refractivity contribution in [3.63, 3.8) is 0 Å². The highest BCUT2D eigenvalue weighted by atomic mass is 19.3. The molecule has 0 radical (unpaired) electrons. The summed E-state index contributed by atoms with van der Waals surface area (Å²) in [5.41, 5.74) is 0.260. The highest BCUT2D eigenvalue weighted by Gasteiger charge is 2.19. The molecule has 0 saturated heterocycles. The average Bonchev–Trinajstić information content (AvgIpc) is 3.04. The second-order valence-electron chi connectivity index (χ2n) is 4.42. The number of carbonyl (C=O) groups excluding carboxylic acids is 2. The minimum absolute atomic E-state index is 0.0844. The number of rotatable bonds is 7. The van der Waals surface area contributed by atoms with Gasteiger partial charge in [-0.25, -0.2) is 4.79 Å². The lowest BCUT2D eigenvalue weighted by molar-refractivity contribution is -0.402. The lowest BCUT2D eigenvalue weighted by Crippen LogP contribution is -2.20. The van der Waals surface area contributed by atoms with Crippen LogP contribution >= 0.6 is 0 Å². The number of nitro groups is 1. The second kappa shape index (κ2) is 7.86. The van der Waals surface area contributed by atoms with Crippen molar-refractivity contribution in [2.45, 2.75) is 6.61 Å². The van der Waals surface area contributed by atoms with Crippen LogP contribution in [0.25, 0.3) is 0 Å². The van der Waals surface area contributed by atoms with E-state index in [1.54, 1.807) is 0 Å². The molecule has 0 aliphatic rings. The van der Waals surface area contributed by atoms with Crippen LogP contribution in [0.3, 0.4) is 0 Å². The minimum Gasteiger partial charge on any atom is -0.450 e. The third-order valence-corrected chi connectivity index (χ3v) is 2.67. The summed E-state index contributed by atoms with van der Waals surface area (Å²) in [6.45, 7) is -3.64. The third kappa shape index (κ3) is 5.27. The number of ether oxygens (including phenoxy) is 2. The molecule has 1 aromatic carbocycles. The molecule has 0 fully saturated rings. The first kappa shape index (κ1) is 17.8. The van der Waals surface area contributed by atoms with E-state index in [9.17, 15) is 28.5 Å². The molecule has 0 bridgehead atoms. The number of benzene rings is 1. The average molecular weight is 356 g/mol. The van der Waals surface area contributed by atoms with Crippen molar-refractivity contribution in [3.05, 3.63) is 52.3 Å². The maximum absolute atomic E-state index is 12.0. The molecule has 0 unspecified atom stereocenters. The van der Waals surface area contributed by atoms with Gasteiger partial charge < -0.3 is 19.2 Å². The van der Waals surface area contributed by atoms with E-state index in [1.165, 1.54) is 24.3 Å². The number of hydrogen-bond donors (Lipinski definition) is 1. The fourth-order valence-electron chi connectivity index (χ4n) is 1.65. The van der Waals surface area contributed by atoms with Crippen LogP contribution < -0.4 is 10.1 Å². The number of furan rings is 1. The van der Waals surface area contributed by atoms with Gasteiger partial charge in [-0.3, -0.25) is 14.9 Å². The molecule has 11 heteroatoms. The Morgan fingerprint density at radius 2 is 1.88 bits per heavy atom. The zero-order chi connectivity index (χ0) is 18.4. The zero-order valence-electron chi connectivity index (χ0n) is 12.3. The smallest absolute Gasteiger partial charge is 0.433 e. The van der Waals surface area contributed by atoms with E-state index in [0.29, 0.717) is 0 Å². The number of esters is 1. The first-order valence-corrected chi connectivity index (χ1v) is 6.61. The molecule has 0 aliphatic carbocycles. The van der Waals surface area contributed by atoms with Gasteiger partial charge in [0.25, 0.3) is 5.91 Å². The van der Waals surface area contributed by atoms with Crippen molar-refractivity contribution in [1.82, 2.24) is 0 Å². The Balaban J connectivity index is 1.83. The quantitative estimate of drug-likeness (QED) is 0.460. The molecule has 9 nitrogen and oxygen atoms in total. The van der Waals surface area contributed by atoms with Gasteiger partial charge in [0.2, 0.25) is 5.76 Å². The van der Waals surface area contributed by atoms with E-state index >= 15 is 0 Å². The van der Waals surface area contributed by atoms with Gasteiger partial charge in [0, 0.05) is 5.69 Å². The number of nitrogens with one attached hydrogen (secondary N) is 1. The van der Waals surface area contributed by atoms with Crippen molar-refractivity contribution in [2.75, 3.05) is 11.9 Å². The molecule has 0 aliphatic heterocycles. The fourth-order valence-corrected chi connectivity index (χ4v) is 1.65. The van der Waals surface area contributed by atoms with E-state index in [1.807, 2.05) is 0 Å². The Morgan fingerprint density at radius 1 is 1.20 bits per heavy atom. The van der Waals surface area contributed by atoms with Crippen LogP contribution in [0, 0.1) is 10.1 Å². The topological polar surface area (TPSA) is 121 Å². The maximum atomic E-state index is 12.0. The summed E-state index contributed by atoms with van der Waals surface area (Å²) in [6.07, 6.45) is 0. The maximum Gasteiger partial charge on any atom is 0.433 e. The van der Waals surface area contributed by atoms with Crippen molar-refractivity contribution in [3.8, 4) is 5.75 Å². The van der Waals surface area contributed by atoms with Crippen LogP contribution in [0.5, 0.6) is 5.75 Å². The van der Waals surface area contributed by atoms with Crippen LogP contribution in [0.4, 0.5) is 20.4 Å². The zero-order valence-corrected chi connectivity index (χ0v) is 12.3. The van der Waals surface area contributed by atoms with Gasteiger partial charge >= 0.3 is 18.5 Å². The largest absolute Gasteiger partial charge is 0.450 e. The Hall–Kier alpha value is -3.50. The minimum atomic E-state index is -2.96. The second-order valence-corrected chi connectivity index (χ2v) is 4.42. The molecule has 25 heavy (non-hydrogen) atoms. The van der Waals surface area contributed by atoms with Crippen molar-refractivity contribution >= 4 is 23.4 Å². The molecule has 0 spiro atoms. The van der Waals surface area contributed by atoms with Crippen LogP contribution in [-0.2, 0) is 9.53 Å². The number of carbonyl (C=O) groups is 2. The predicted octanol–water partition coefficient (Wildman–Crippen LogP) is 2.58. The molecular weight excluding hydrogens is 346 g/mol. The summed E-state index contributed by atoms with van der Waals surface area (Å²) >= 11 is 0. The van der Waals surface area contributed by atoms with Crippen molar-refractivity contribution in [2.24, 2.45) is 0 Å². The van der Waals surface area contributed by atoms with Gasteiger partial charge in [0.1, 0.15) is 10.7 Å². The first-order chi connectivity index (χ1) is 11.8. The molecule has 1 heterocycles. The van der Waals surface area contributed by atoms with Crippen LogP contribution in [0.2, 0.25) is 0 Å². The number of amides is 1. The van der Waals surface area contributed by atoms with Crippen LogP contribution in [-0.4, -0.2) is 30.0 Å². The van der Waals surface area contributed by atoms with E-state index < -0.39 is 41.7 Å². The van der Waals surface area contributed by atoms with Crippen molar-refractivity contribution < 1.29 is 37.2 Å². The summed E-state index contributed by atoms with van der Waals surface area (Å²) in [4.78, 5) is 32.8. The van der Waals surface area contributed by atoms with Crippen LogP contribution in [0.15, 0.2) is 40.8 Å². The highest BCUT2D eigenvalue weighted by Crippen LogP contribution is 2.18. The van der Waals surface area contributed by atoms with Gasteiger partial charge in [-0.1, -0.05) is 0 Å². The van der Waals surface area contributed by atoms with Gasteiger partial charge in [0.15, 0.2) is 6.61 Å². The number of nitrogens with zero attached hydrogens (tertiary/aromatic N) is 1. The Kier molecular flexibility index (Phi) is 5.61. The van der Waals surface area contributed by atoms with E-state index in [0.717, 1.165) is 12.1 Å². The Labute approximate surface area is 138 Å². The lowest BCUT2D eigenvalue weighted by atomic mass is 10.3. The number of anilines is 1. The van der Waals surface area contributed by atoms with E-state index in [-0.39, 0.29) is 11.4 Å². The predicted molar refractivity (Wildman–Crippen MR) is 77.3 cm³/mol. The first-order valence-electron chi connectivity index (χ1n) is 6.61. The summed E-state index contributed by atoms with van der Waals surface area (Å²) in [6, 6.07) is 7.08. The fraction of sp³-hybridized carbons (Fsp3) is 0.143. The number of halogens is 2. The summed E-state index contributed by atoms with van der Waals surface area (Å²) in [5, 5.41) is 12.8. The Bertz CT molecular complexity index is 774. The molecule has 0 saturated carbocycles. The number of hydrogen-bond acceptors (Lipinski definition) is 7. The lowest BCUT2D eigenvalue weighted by Gasteiger charge is -2.07. The van der Waals surface area contributed by atoms with Crippen LogP contribution in [0.1, 0.15) is 10.6 Å². The monoisotopic (exact) mass is 356 g/mol. The number of alkyl halides is 2. The molecule has 2 aromatic rings. The van der Waals surface area contributed by atoms with Gasteiger partial charge in [-0.05, 0) is 30.3 Å². The van der Waals surface area contributed by atoms with E-state index in [4.69, 9.17) is 0 Å². The summed E-state index contributed by atoms with van der Waals surface area (Å²) in [5.74, 6) is -2.91. The SMILES string of the molecule is O=C(COC(=O)c1ccc([N+](=O)[O-])o1)Nc1ccc(OC(F)F)cc1. The van der Waals surface area contributed by atoms with Gasteiger partial charge in [-0.15, -0.1) is 0 Å². The standard InChI is InChI=1S/C14H10F2N2O7/c15-14(16)24-9-3-1-8(2-4-9)17-11(19)7-23-13(20)10-5-6-12(25-10)18(21)22/h1-6,14H,7H2,(H,17,19). The molecular formula is C14H10F2N2O7. The Morgan fingerprint density at radius 3 is 2.44 bits per heavy atom. The highest BCUT2D eigenvalue weighted by molar-refractivity contribution is 5.94. The third-order valence-electron chi connectivity index (χ3n) is 2.67. The molecule has 1 aromatic heterocycles. The van der Waals surface area contributed by atoms with Gasteiger partial charge in [-0.2, -0.15) is 8.78 Å². The van der Waals surface area contributed by atoms with E-state index in [2.05, 4.69) is 19.2 Å². The summed E-state index contributed by atoms with van der Waals surface area (Å²) in [7, 11) is 0. The normalized spacial score (nSPS) is 10.4.